The van der Waals surface area contributed by atoms with Crippen molar-refractivity contribution in [2.45, 2.75) is 30.6 Å². The van der Waals surface area contributed by atoms with E-state index in [-0.39, 0.29) is 5.82 Å². The van der Waals surface area contributed by atoms with Gasteiger partial charge in [0.1, 0.15) is 15.6 Å². The average molecular weight is 540 g/mol. The van der Waals surface area contributed by atoms with Gasteiger partial charge in [0.15, 0.2) is 0 Å². The maximum Gasteiger partial charge on any atom is 0.412 e. The molecule has 0 aliphatic carbocycles. The van der Waals surface area contributed by atoms with Crippen molar-refractivity contribution < 1.29 is 22.9 Å². The molecule has 37 heavy (non-hydrogen) atoms. The first kappa shape index (κ1) is 26.3. The molecule has 0 aliphatic heterocycles. The van der Waals surface area contributed by atoms with E-state index in [4.69, 9.17) is 9.52 Å². The molecule has 10 heteroatoms. The predicted molar refractivity (Wildman–Crippen MR) is 147 cm³/mol. The van der Waals surface area contributed by atoms with Gasteiger partial charge in [-0.2, -0.15) is 0 Å². The maximum atomic E-state index is 13.4. The van der Waals surface area contributed by atoms with Gasteiger partial charge in [0.05, 0.1) is 21.1 Å². The second-order valence-corrected chi connectivity index (χ2v) is 13.0. The van der Waals surface area contributed by atoms with Crippen LogP contribution in [-0.2, 0) is 14.5 Å². The first-order valence-corrected chi connectivity index (χ1v) is 14.1. The number of halogens is 1. The molecule has 7 nitrogen and oxygen atoms in total. The lowest BCUT2D eigenvalue weighted by Gasteiger charge is -2.21. The number of nitrogens with one attached hydrogen (secondary N) is 3. The van der Waals surface area contributed by atoms with Crippen molar-refractivity contribution in [3.05, 3.63) is 78.1 Å². The number of carbonyl (C=O) groups excluding carboxylic acids is 2. The molecule has 4 rings (SSSR count). The zero-order chi connectivity index (χ0) is 27.0. The summed E-state index contributed by atoms with van der Waals surface area (Å²) >= 11 is 1.21. The summed E-state index contributed by atoms with van der Waals surface area (Å²) in [6.45, 7) is 5.24. The Morgan fingerprint density at radius 1 is 0.919 bits per heavy atom. The number of rotatable bonds is 5. The van der Waals surface area contributed by atoms with Crippen molar-refractivity contribution in [2.75, 3.05) is 16.9 Å². The number of benzene rings is 3. The van der Waals surface area contributed by atoms with Crippen LogP contribution in [0.3, 0.4) is 0 Å². The fourth-order valence-corrected chi connectivity index (χ4v) is 5.62. The highest BCUT2D eigenvalue weighted by Gasteiger charge is 2.19. The van der Waals surface area contributed by atoms with E-state index in [1.54, 1.807) is 75.4 Å². The van der Waals surface area contributed by atoms with E-state index in [1.807, 2.05) is 0 Å². The molecule has 1 heterocycles. The highest BCUT2D eigenvalue weighted by atomic mass is 32.2. The Morgan fingerprint density at radius 2 is 1.59 bits per heavy atom. The molecule has 4 aromatic rings. The fraction of sp³-hybridized carbons (Fsp3) is 0.185. The number of anilines is 2. The van der Waals surface area contributed by atoms with Crippen LogP contribution in [-0.4, -0.2) is 28.1 Å². The SMILES string of the molecule is CC(C)(C)OC(=O)Nc1ccc(-c2ccc(F)cc2)cc1NC(=O)c1ccc2cc(S(C)(=N)=O)sc2c1. The minimum Gasteiger partial charge on any atom is -0.444 e. The number of fused-ring (bicyclic) bond motifs is 1. The van der Waals surface area contributed by atoms with Crippen LogP contribution in [0.2, 0.25) is 0 Å². The second kappa shape index (κ2) is 9.95. The van der Waals surface area contributed by atoms with Crippen LogP contribution in [0.5, 0.6) is 0 Å². The first-order valence-electron chi connectivity index (χ1n) is 11.3. The molecule has 192 valence electrons. The van der Waals surface area contributed by atoms with Gasteiger partial charge >= 0.3 is 6.09 Å². The van der Waals surface area contributed by atoms with Crippen LogP contribution < -0.4 is 10.6 Å². The van der Waals surface area contributed by atoms with Gasteiger partial charge in [-0.3, -0.25) is 10.1 Å². The summed E-state index contributed by atoms with van der Waals surface area (Å²) in [4.78, 5) is 25.7. The Hall–Kier alpha value is -3.76. The van der Waals surface area contributed by atoms with Crippen molar-refractivity contribution in [3.63, 3.8) is 0 Å². The van der Waals surface area contributed by atoms with E-state index in [2.05, 4.69) is 10.6 Å². The Balaban J connectivity index is 1.68. The molecule has 0 spiro atoms. The molecule has 2 amide bonds. The van der Waals surface area contributed by atoms with Crippen LogP contribution in [0.15, 0.2) is 70.9 Å². The van der Waals surface area contributed by atoms with Crippen molar-refractivity contribution in [3.8, 4) is 11.1 Å². The number of hydrogen-bond donors (Lipinski definition) is 3. The van der Waals surface area contributed by atoms with E-state index in [0.717, 1.165) is 15.6 Å². The molecule has 0 aliphatic rings. The summed E-state index contributed by atoms with van der Waals surface area (Å²) in [5.41, 5.74) is 1.73. The lowest BCUT2D eigenvalue weighted by Crippen LogP contribution is -2.27. The van der Waals surface area contributed by atoms with Crippen LogP contribution in [0.25, 0.3) is 21.2 Å². The molecule has 0 saturated carbocycles. The van der Waals surface area contributed by atoms with Gasteiger partial charge in [-0.25, -0.2) is 18.2 Å². The van der Waals surface area contributed by atoms with Gasteiger partial charge < -0.3 is 10.1 Å². The molecule has 3 N–H and O–H groups in total. The summed E-state index contributed by atoms with van der Waals surface area (Å²) < 4.78 is 39.9. The van der Waals surface area contributed by atoms with Gasteiger partial charge in [0.25, 0.3) is 5.91 Å². The smallest absolute Gasteiger partial charge is 0.412 e. The Kier molecular flexibility index (Phi) is 7.07. The third kappa shape index (κ3) is 6.52. The highest BCUT2D eigenvalue weighted by molar-refractivity contribution is 7.93. The summed E-state index contributed by atoms with van der Waals surface area (Å²) in [6, 6.07) is 17.8. The van der Waals surface area contributed by atoms with Gasteiger partial charge in [-0.1, -0.05) is 24.3 Å². The lowest BCUT2D eigenvalue weighted by atomic mass is 10.0. The third-order valence-corrected chi connectivity index (χ3v) is 8.21. The molecular weight excluding hydrogens is 513 g/mol. The second-order valence-electron chi connectivity index (χ2n) is 9.51. The van der Waals surface area contributed by atoms with Crippen LogP contribution in [0.1, 0.15) is 31.1 Å². The summed E-state index contributed by atoms with van der Waals surface area (Å²) in [5.74, 6) is -0.791. The van der Waals surface area contributed by atoms with Crippen molar-refractivity contribution in [1.29, 1.82) is 4.78 Å². The molecule has 1 unspecified atom stereocenters. The number of thiophene rings is 1. The van der Waals surface area contributed by atoms with Crippen molar-refractivity contribution in [1.82, 2.24) is 0 Å². The molecule has 0 saturated heterocycles. The van der Waals surface area contributed by atoms with E-state index in [1.165, 1.54) is 29.7 Å². The maximum absolute atomic E-state index is 13.4. The molecule has 0 bridgehead atoms. The van der Waals surface area contributed by atoms with E-state index in [0.29, 0.717) is 26.7 Å². The Bertz CT molecular complexity index is 1610. The minimum absolute atomic E-state index is 0.326. The number of amides is 2. The van der Waals surface area contributed by atoms with Crippen LogP contribution >= 0.6 is 11.3 Å². The molecule has 3 aromatic carbocycles. The Morgan fingerprint density at radius 3 is 2.24 bits per heavy atom. The normalized spacial score (nSPS) is 13.1. The van der Waals surface area contributed by atoms with Gasteiger partial charge in [0.2, 0.25) is 0 Å². The van der Waals surface area contributed by atoms with Gasteiger partial charge in [-0.05, 0) is 79.7 Å². The largest absolute Gasteiger partial charge is 0.444 e. The topological polar surface area (TPSA) is 108 Å². The highest BCUT2D eigenvalue weighted by Crippen LogP contribution is 2.32. The summed E-state index contributed by atoms with van der Waals surface area (Å²) in [5, 5.41) is 6.32. The summed E-state index contributed by atoms with van der Waals surface area (Å²) in [6.07, 6.45) is 0.683. The van der Waals surface area contributed by atoms with E-state index in [9.17, 15) is 18.2 Å². The molecule has 0 fully saturated rings. The van der Waals surface area contributed by atoms with Crippen LogP contribution in [0.4, 0.5) is 20.6 Å². The fourth-order valence-electron chi connectivity index (χ4n) is 3.53. The number of carbonyl (C=O) groups is 2. The van der Waals surface area contributed by atoms with Gasteiger partial charge in [0, 0.05) is 16.5 Å². The zero-order valence-electron chi connectivity index (χ0n) is 20.7. The van der Waals surface area contributed by atoms with Gasteiger partial charge in [-0.15, -0.1) is 11.3 Å². The molecule has 0 radical (unpaired) electrons. The van der Waals surface area contributed by atoms with E-state index >= 15 is 0 Å². The molecule has 1 atom stereocenters. The van der Waals surface area contributed by atoms with E-state index < -0.39 is 27.3 Å². The first-order chi connectivity index (χ1) is 17.3. The van der Waals surface area contributed by atoms with Crippen LogP contribution in [0, 0.1) is 10.6 Å². The monoisotopic (exact) mass is 539 g/mol. The predicted octanol–water partition coefficient (Wildman–Crippen LogP) is 7.34. The van der Waals surface area contributed by atoms with Crippen molar-refractivity contribution >= 4 is 54.5 Å². The zero-order valence-corrected chi connectivity index (χ0v) is 22.3. The minimum atomic E-state index is -2.87. The molecule has 1 aromatic heterocycles. The lowest BCUT2D eigenvalue weighted by molar-refractivity contribution is 0.0635. The Labute approximate surface area is 218 Å². The number of ether oxygens (including phenoxy) is 1. The average Bonchev–Trinajstić information content (AvgIpc) is 3.24. The van der Waals surface area contributed by atoms with Crippen molar-refractivity contribution in [2.24, 2.45) is 0 Å². The molecular formula is C27H26FN3O4S2. The third-order valence-electron chi connectivity index (χ3n) is 5.22. The quantitative estimate of drug-likeness (QED) is 0.246. The number of hydrogen-bond acceptors (Lipinski definition) is 6. The standard InChI is InChI=1S/C27H26FN3O4S2/c1-27(2,3)35-26(33)31-21-12-9-17(16-7-10-20(28)11-8-16)13-22(21)30-25(32)19-6-5-18-15-24(37(4,29)34)36-23(18)14-19/h5-15,29H,1-4H3,(H,30,32)(H,31,33). The summed E-state index contributed by atoms with van der Waals surface area (Å²) in [7, 11) is -2.87.